The SMILES string of the molecule is COc1cc(C)c(S(=O)(=O)NCCc2cn3ccsc3n2)cc1C. The van der Waals surface area contributed by atoms with Crippen molar-refractivity contribution in [2.45, 2.75) is 25.2 Å². The highest BCUT2D eigenvalue weighted by Gasteiger charge is 2.18. The van der Waals surface area contributed by atoms with Crippen LogP contribution < -0.4 is 9.46 Å². The Morgan fingerprint density at radius 1 is 1.29 bits per heavy atom. The van der Waals surface area contributed by atoms with E-state index in [2.05, 4.69) is 9.71 Å². The van der Waals surface area contributed by atoms with Gasteiger partial charge in [-0.05, 0) is 37.1 Å². The molecule has 3 aromatic rings. The van der Waals surface area contributed by atoms with E-state index >= 15 is 0 Å². The first-order chi connectivity index (χ1) is 11.4. The van der Waals surface area contributed by atoms with E-state index in [-0.39, 0.29) is 4.90 Å². The topological polar surface area (TPSA) is 72.7 Å². The van der Waals surface area contributed by atoms with Crippen LogP contribution in [0, 0.1) is 13.8 Å². The third kappa shape index (κ3) is 3.31. The molecule has 0 radical (unpaired) electrons. The number of hydrogen-bond acceptors (Lipinski definition) is 5. The van der Waals surface area contributed by atoms with Gasteiger partial charge in [-0.1, -0.05) is 0 Å². The Balaban J connectivity index is 1.71. The number of hydrogen-bond donors (Lipinski definition) is 1. The van der Waals surface area contributed by atoms with Gasteiger partial charge in [-0.2, -0.15) is 0 Å². The Hall–Kier alpha value is -1.90. The van der Waals surface area contributed by atoms with Crippen LogP contribution in [0.1, 0.15) is 16.8 Å². The number of methoxy groups -OCH3 is 1. The first-order valence-corrected chi connectivity index (χ1v) is 9.83. The van der Waals surface area contributed by atoms with Gasteiger partial charge in [0.05, 0.1) is 17.7 Å². The average Bonchev–Trinajstić information content (AvgIpc) is 3.10. The monoisotopic (exact) mass is 365 g/mol. The standard InChI is InChI=1S/C16H19N3O3S2/c1-11-9-15(12(2)8-14(11)22-3)24(20,21)17-5-4-13-10-19-6-7-23-16(19)18-13/h6-10,17H,4-5H2,1-3H3. The molecule has 6 nitrogen and oxygen atoms in total. The molecule has 0 bridgehead atoms. The highest BCUT2D eigenvalue weighted by atomic mass is 32.2. The summed E-state index contributed by atoms with van der Waals surface area (Å²) in [6.45, 7) is 3.90. The van der Waals surface area contributed by atoms with Crippen molar-refractivity contribution in [3.63, 3.8) is 0 Å². The molecular formula is C16H19N3O3S2. The number of ether oxygens (including phenoxy) is 1. The molecular weight excluding hydrogens is 346 g/mol. The van der Waals surface area contributed by atoms with Gasteiger partial charge in [0.15, 0.2) is 4.96 Å². The number of aromatic nitrogens is 2. The second-order valence-corrected chi connectivity index (χ2v) is 8.17. The van der Waals surface area contributed by atoms with Crippen LogP contribution in [0.4, 0.5) is 0 Å². The molecule has 0 saturated carbocycles. The predicted octanol–water partition coefficient (Wildman–Crippen LogP) is 2.54. The zero-order valence-corrected chi connectivity index (χ0v) is 15.4. The quantitative estimate of drug-likeness (QED) is 0.729. The fourth-order valence-electron chi connectivity index (χ4n) is 2.56. The maximum absolute atomic E-state index is 12.5. The number of sulfonamides is 1. The van der Waals surface area contributed by atoms with E-state index in [1.165, 1.54) is 0 Å². The van der Waals surface area contributed by atoms with Crippen molar-refractivity contribution in [3.05, 3.63) is 46.7 Å². The van der Waals surface area contributed by atoms with Gasteiger partial charge < -0.3 is 4.74 Å². The molecule has 0 atom stereocenters. The fourth-order valence-corrected chi connectivity index (χ4v) is 4.62. The second-order valence-electron chi connectivity index (χ2n) is 5.56. The molecule has 0 saturated heterocycles. The highest BCUT2D eigenvalue weighted by molar-refractivity contribution is 7.89. The van der Waals surface area contributed by atoms with Crippen LogP contribution >= 0.6 is 11.3 Å². The van der Waals surface area contributed by atoms with Crippen molar-refractivity contribution in [2.24, 2.45) is 0 Å². The average molecular weight is 365 g/mol. The lowest BCUT2D eigenvalue weighted by molar-refractivity contribution is 0.411. The van der Waals surface area contributed by atoms with Gasteiger partial charge in [0.1, 0.15) is 5.75 Å². The van der Waals surface area contributed by atoms with Gasteiger partial charge in [0.25, 0.3) is 0 Å². The molecule has 2 aromatic heterocycles. The molecule has 0 spiro atoms. The number of benzene rings is 1. The van der Waals surface area contributed by atoms with Crippen LogP contribution in [0.2, 0.25) is 0 Å². The summed E-state index contributed by atoms with van der Waals surface area (Å²) in [6, 6.07) is 3.39. The normalized spacial score (nSPS) is 12.0. The molecule has 0 aliphatic carbocycles. The third-order valence-corrected chi connectivity index (χ3v) is 6.17. The molecule has 8 heteroatoms. The second kappa shape index (κ2) is 6.54. The summed E-state index contributed by atoms with van der Waals surface area (Å²) in [7, 11) is -1.99. The van der Waals surface area contributed by atoms with Gasteiger partial charge in [-0.3, -0.25) is 4.40 Å². The van der Waals surface area contributed by atoms with Crippen molar-refractivity contribution in [1.29, 1.82) is 0 Å². The van der Waals surface area contributed by atoms with E-state index in [0.29, 0.717) is 24.3 Å². The number of nitrogens with zero attached hydrogens (tertiary/aromatic N) is 2. The predicted molar refractivity (Wildman–Crippen MR) is 94.4 cm³/mol. The third-order valence-electron chi connectivity index (χ3n) is 3.80. The number of nitrogens with one attached hydrogen (secondary N) is 1. The lowest BCUT2D eigenvalue weighted by Gasteiger charge is -2.12. The Morgan fingerprint density at radius 3 is 2.79 bits per heavy atom. The van der Waals surface area contributed by atoms with Crippen molar-refractivity contribution in [3.8, 4) is 5.75 Å². The van der Waals surface area contributed by atoms with Crippen LogP contribution in [0.5, 0.6) is 5.75 Å². The fraction of sp³-hybridized carbons (Fsp3) is 0.312. The number of fused-ring (bicyclic) bond motifs is 1. The van der Waals surface area contributed by atoms with E-state index < -0.39 is 10.0 Å². The van der Waals surface area contributed by atoms with Crippen LogP contribution in [0.3, 0.4) is 0 Å². The number of thiazole rings is 1. The van der Waals surface area contributed by atoms with Gasteiger partial charge in [-0.25, -0.2) is 18.1 Å². The van der Waals surface area contributed by atoms with Crippen molar-refractivity contribution in [1.82, 2.24) is 14.1 Å². The summed E-state index contributed by atoms with van der Waals surface area (Å²) in [5, 5.41) is 1.96. The first-order valence-electron chi connectivity index (χ1n) is 7.46. The first kappa shape index (κ1) is 16.9. The summed E-state index contributed by atoms with van der Waals surface area (Å²) in [4.78, 5) is 5.64. The van der Waals surface area contributed by atoms with Crippen LogP contribution in [-0.4, -0.2) is 31.5 Å². The minimum atomic E-state index is -3.56. The molecule has 0 aliphatic rings. The van der Waals surface area contributed by atoms with E-state index in [1.54, 1.807) is 37.5 Å². The zero-order chi connectivity index (χ0) is 17.3. The molecule has 128 valence electrons. The summed E-state index contributed by atoms with van der Waals surface area (Å²) in [5.41, 5.74) is 2.32. The molecule has 2 heterocycles. The van der Waals surface area contributed by atoms with Crippen molar-refractivity contribution < 1.29 is 13.2 Å². The molecule has 0 unspecified atom stereocenters. The Labute approximate surface area is 145 Å². The van der Waals surface area contributed by atoms with Gasteiger partial charge >= 0.3 is 0 Å². The summed E-state index contributed by atoms with van der Waals surface area (Å²) in [6.07, 6.45) is 4.40. The van der Waals surface area contributed by atoms with E-state index in [9.17, 15) is 8.42 Å². The molecule has 24 heavy (non-hydrogen) atoms. The van der Waals surface area contributed by atoms with Gasteiger partial charge in [-0.15, -0.1) is 11.3 Å². The van der Waals surface area contributed by atoms with Gasteiger partial charge in [0.2, 0.25) is 10.0 Å². The van der Waals surface area contributed by atoms with E-state index in [0.717, 1.165) is 16.2 Å². The minimum absolute atomic E-state index is 0.284. The van der Waals surface area contributed by atoms with Crippen LogP contribution in [0.25, 0.3) is 4.96 Å². The summed E-state index contributed by atoms with van der Waals surface area (Å²) in [5.74, 6) is 0.685. The highest BCUT2D eigenvalue weighted by Crippen LogP contribution is 2.25. The Kier molecular flexibility index (Phi) is 4.62. The van der Waals surface area contributed by atoms with Crippen molar-refractivity contribution in [2.75, 3.05) is 13.7 Å². The molecule has 1 aromatic carbocycles. The lowest BCUT2D eigenvalue weighted by atomic mass is 10.1. The number of aryl methyl sites for hydroxylation is 2. The summed E-state index contributed by atoms with van der Waals surface area (Å²) >= 11 is 1.55. The maximum atomic E-state index is 12.5. The minimum Gasteiger partial charge on any atom is -0.496 e. The molecule has 0 fully saturated rings. The van der Waals surface area contributed by atoms with Gasteiger partial charge in [0, 0.05) is 30.7 Å². The largest absolute Gasteiger partial charge is 0.496 e. The van der Waals surface area contributed by atoms with Crippen LogP contribution in [0.15, 0.2) is 34.8 Å². The zero-order valence-electron chi connectivity index (χ0n) is 13.7. The Morgan fingerprint density at radius 2 is 2.08 bits per heavy atom. The van der Waals surface area contributed by atoms with Crippen LogP contribution in [-0.2, 0) is 16.4 Å². The smallest absolute Gasteiger partial charge is 0.240 e. The molecule has 3 rings (SSSR count). The van der Waals surface area contributed by atoms with E-state index in [1.807, 2.05) is 29.1 Å². The van der Waals surface area contributed by atoms with Crippen molar-refractivity contribution >= 4 is 26.3 Å². The number of rotatable bonds is 6. The van der Waals surface area contributed by atoms with E-state index in [4.69, 9.17) is 4.74 Å². The maximum Gasteiger partial charge on any atom is 0.240 e. The number of imidazole rings is 1. The molecule has 0 amide bonds. The molecule has 0 aliphatic heterocycles. The Bertz CT molecular complexity index is 945. The molecule has 1 N–H and O–H groups in total. The lowest BCUT2D eigenvalue weighted by Crippen LogP contribution is -2.26. The summed E-state index contributed by atoms with van der Waals surface area (Å²) < 4.78 is 34.9.